The predicted octanol–water partition coefficient (Wildman–Crippen LogP) is 1.54. The first-order chi connectivity index (χ1) is 9.49. The van der Waals surface area contributed by atoms with Crippen molar-refractivity contribution in [3.8, 4) is 0 Å². The van der Waals surface area contributed by atoms with Crippen molar-refractivity contribution >= 4 is 17.9 Å². The maximum Gasteiger partial charge on any atom is 0.236 e. The van der Waals surface area contributed by atoms with Gasteiger partial charge in [-0.05, 0) is 17.2 Å². The van der Waals surface area contributed by atoms with E-state index in [0.29, 0.717) is 0 Å². The molecule has 0 unspecified atom stereocenters. The Hall–Kier alpha value is -2.14. The summed E-state index contributed by atoms with van der Waals surface area (Å²) in [6.07, 6.45) is 3.88. The number of fused-ring (bicyclic) bond motifs is 1. The SMILES string of the molecule is CC(=O)N1C=Cc2ccccc2[C@@H]1CC(=O)NN(C)C. The van der Waals surface area contributed by atoms with E-state index in [-0.39, 0.29) is 24.3 Å². The van der Waals surface area contributed by atoms with Gasteiger partial charge in [0.05, 0.1) is 12.5 Å². The van der Waals surface area contributed by atoms with Crippen LogP contribution in [0.4, 0.5) is 0 Å². The molecule has 1 aliphatic rings. The number of hydrazine groups is 1. The third-order valence-corrected chi connectivity index (χ3v) is 3.20. The first kappa shape index (κ1) is 14.3. The Bertz CT molecular complexity index is 552. The fourth-order valence-corrected chi connectivity index (χ4v) is 2.38. The van der Waals surface area contributed by atoms with Crippen molar-refractivity contribution in [2.24, 2.45) is 0 Å². The summed E-state index contributed by atoms with van der Waals surface area (Å²) in [7, 11) is 3.52. The molecular formula is C15H19N3O2. The molecule has 20 heavy (non-hydrogen) atoms. The lowest BCUT2D eigenvalue weighted by Crippen LogP contribution is -2.40. The zero-order chi connectivity index (χ0) is 14.7. The molecule has 1 heterocycles. The average molecular weight is 273 g/mol. The van der Waals surface area contributed by atoms with Crippen LogP contribution in [0.2, 0.25) is 0 Å². The summed E-state index contributed by atoms with van der Waals surface area (Å²) >= 11 is 0. The van der Waals surface area contributed by atoms with E-state index in [1.54, 1.807) is 30.2 Å². The van der Waals surface area contributed by atoms with Gasteiger partial charge in [0.15, 0.2) is 0 Å². The molecule has 0 spiro atoms. The number of benzene rings is 1. The highest BCUT2D eigenvalue weighted by Gasteiger charge is 2.28. The van der Waals surface area contributed by atoms with E-state index in [0.717, 1.165) is 11.1 Å². The van der Waals surface area contributed by atoms with Crippen LogP contribution in [0.15, 0.2) is 30.5 Å². The lowest BCUT2D eigenvalue weighted by atomic mass is 9.93. The Balaban J connectivity index is 2.28. The van der Waals surface area contributed by atoms with Gasteiger partial charge in [0.25, 0.3) is 0 Å². The zero-order valence-electron chi connectivity index (χ0n) is 12.0. The summed E-state index contributed by atoms with van der Waals surface area (Å²) in [5, 5.41) is 1.60. The van der Waals surface area contributed by atoms with Crippen LogP contribution in [-0.2, 0) is 9.59 Å². The van der Waals surface area contributed by atoms with Gasteiger partial charge in [0.2, 0.25) is 11.8 Å². The van der Waals surface area contributed by atoms with Crippen molar-refractivity contribution in [3.05, 3.63) is 41.6 Å². The van der Waals surface area contributed by atoms with Crippen molar-refractivity contribution in [2.45, 2.75) is 19.4 Å². The molecule has 0 aliphatic carbocycles. The van der Waals surface area contributed by atoms with Crippen LogP contribution in [0, 0.1) is 0 Å². The lowest BCUT2D eigenvalue weighted by molar-refractivity contribution is -0.131. The summed E-state index contributed by atoms with van der Waals surface area (Å²) in [4.78, 5) is 25.3. The minimum absolute atomic E-state index is 0.0709. The normalized spacial score (nSPS) is 17.0. The van der Waals surface area contributed by atoms with E-state index in [1.165, 1.54) is 6.92 Å². The first-order valence-electron chi connectivity index (χ1n) is 6.52. The number of hydrogen-bond donors (Lipinski definition) is 1. The van der Waals surface area contributed by atoms with Gasteiger partial charge in [-0.3, -0.25) is 15.0 Å². The molecule has 0 aromatic heterocycles. The molecule has 5 heteroatoms. The maximum atomic E-state index is 12.0. The smallest absolute Gasteiger partial charge is 0.236 e. The lowest BCUT2D eigenvalue weighted by Gasteiger charge is -2.32. The van der Waals surface area contributed by atoms with E-state index in [4.69, 9.17) is 0 Å². The third-order valence-electron chi connectivity index (χ3n) is 3.20. The maximum absolute atomic E-state index is 12.0. The second kappa shape index (κ2) is 5.88. The van der Waals surface area contributed by atoms with Crippen molar-refractivity contribution in [3.63, 3.8) is 0 Å². The standard InChI is InChI=1S/C15H19N3O2/c1-11(19)18-9-8-12-6-4-5-7-13(12)14(18)10-15(20)16-17(2)3/h4-9,14H,10H2,1-3H3,(H,16,20)/t14-/m0/s1. The van der Waals surface area contributed by atoms with Crippen molar-refractivity contribution in [1.82, 2.24) is 15.3 Å². The minimum Gasteiger partial charge on any atom is -0.311 e. The summed E-state index contributed by atoms with van der Waals surface area (Å²) in [5.41, 5.74) is 4.76. The topological polar surface area (TPSA) is 52.7 Å². The Kier molecular flexibility index (Phi) is 4.20. The van der Waals surface area contributed by atoms with Gasteiger partial charge < -0.3 is 4.90 Å². The summed E-state index contributed by atoms with van der Waals surface area (Å²) in [6, 6.07) is 7.56. The molecule has 106 valence electrons. The van der Waals surface area contributed by atoms with Crippen LogP contribution in [-0.4, -0.2) is 35.8 Å². The van der Waals surface area contributed by atoms with Gasteiger partial charge in [-0.1, -0.05) is 24.3 Å². The van der Waals surface area contributed by atoms with Crippen molar-refractivity contribution in [1.29, 1.82) is 0 Å². The fraction of sp³-hybridized carbons (Fsp3) is 0.333. The van der Waals surface area contributed by atoms with Gasteiger partial charge in [0.1, 0.15) is 0 Å². The summed E-state index contributed by atoms with van der Waals surface area (Å²) in [6.45, 7) is 1.51. The summed E-state index contributed by atoms with van der Waals surface area (Å²) < 4.78 is 0. The Morgan fingerprint density at radius 1 is 1.30 bits per heavy atom. The zero-order valence-corrected chi connectivity index (χ0v) is 12.0. The number of carbonyl (C=O) groups is 2. The van der Waals surface area contributed by atoms with Crippen LogP contribution in [0.25, 0.3) is 6.08 Å². The molecular weight excluding hydrogens is 254 g/mol. The largest absolute Gasteiger partial charge is 0.311 e. The van der Waals surface area contributed by atoms with E-state index in [1.807, 2.05) is 30.3 Å². The molecule has 0 saturated carbocycles. The molecule has 0 bridgehead atoms. The van der Waals surface area contributed by atoms with Crippen LogP contribution < -0.4 is 5.43 Å². The second-order valence-corrected chi connectivity index (χ2v) is 5.02. The van der Waals surface area contributed by atoms with Crippen LogP contribution in [0.1, 0.15) is 30.5 Å². The van der Waals surface area contributed by atoms with Gasteiger partial charge in [0, 0.05) is 27.2 Å². The molecule has 0 radical (unpaired) electrons. The number of nitrogens with one attached hydrogen (secondary N) is 1. The predicted molar refractivity (Wildman–Crippen MR) is 77.2 cm³/mol. The fourth-order valence-electron chi connectivity index (χ4n) is 2.38. The number of nitrogens with zero attached hydrogens (tertiary/aromatic N) is 2. The Labute approximate surface area is 118 Å². The van der Waals surface area contributed by atoms with E-state index < -0.39 is 0 Å². The van der Waals surface area contributed by atoms with Crippen LogP contribution in [0.5, 0.6) is 0 Å². The van der Waals surface area contributed by atoms with Gasteiger partial charge in [-0.2, -0.15) is 0 Å². The van der Waals surface area contributed by atoms with Crippen LogP contribution >= 0.6 is 0 Å². The highest BCUT2D eigenvalue weighted by molar-refractivity contribution is 5.81. The Morgan fingerprint density at radius 3 is 2.65 bits per heavy atom. The highest BCUT2D eigenvalue weighted by Crippen LogP contribution is 2.32. The first-order valence-corrected chi connectivity index (χ1v) is 6.52. The van der Waals surface area contributed by atoms with Crippen LogP contribution in [0.3, 0.4) is 0 Å². The molecule has 1 N–H and O–H groups in total. The van der Waals surface area contributed by atoms with Gasteiger partial charge in [-0.25, -0.2) is 5.01 Å². The molecule has 1 aromatic carbocycles. The molecule has 0 saturated heterocycles. The quantitative estimate of drug-likeness (QED) is 0.850. The van der Waals surface area contributed by atoms with Crippen molar-refractivity contribution in [2.75, 3.05) is 14.1 Å². The van der Waals surface area contributed by atoms with Gasteiger partial charge in [-0.15, -0.1) is 0 Å². The number of rotatable bonds is 3. The van der Waals surface area contributed by atoms with E-state index in [2.05, 4.69) is 5.43 Å². The molecule has 0 fully saturated rings. The minimum atomic E-state index is -0.256. The molecule has 2 rings (SSSR count). The molecule has 5 nitrogen and oxygen atoms in total. The summed E-state index contributed by atoms with van der Waals surface area (Å²) in [5.74, 6) is -0.185. The average Bonchev–Trinajstić information content (AvgIpc) is 2.37. The molecule has 2 amide bonds. The second-order valence-electron chi connectivity index (χ2n) is 5.02. The number of carbonyl (C=O) groups excluding carboxylic acids is 2. The Morgan fingerprint density at radius 2 is 2.00 bits per heavy atom. The van der Waals surface area contributed by atoms with E-state index in [9.17, 15) is 9.59 Å². The molecule has 1 aromatic rings. The van der Waals surface area contributed by atoms with Crippen molar-refractivity contribution < 1.29 is 9.59 Å². The van der Waals surface area contributed by atoms with Gasteiger partial charge >= 0.3 is 0 Å². The third kappa shape index (κ3) is 3.05. The number of hydrogen-bond acceptors (Lipinski definition) is 3. The van der Waals surface area contributed by atoms with E-state index >= 15 is 0 Å². The monoisotopic (exact) mass is 273 g/mol. The number of amides is 2. The molecule has 1 atom stereocenters. The highest BCUT2D eigenvalue weighted by atomic mass is 16.2. The molecule has 1 aliphatic heterocycles.